The smallest absolute Gasteiger partial charge is 0.221 e. The lowest BCUT2D eigenvalue weighted by Gasteiger charge is -2.24. The zero-order valence-electron chi connectivity index (χ0n) is 11.6. The Morgan fingerprint density at radius 2 is 2.29 bits per heavy atom. The Bertz CT molecular complexity index is 666. The summed E-state index contributed by atoms with van der Waals surface area (Å²) in [5, 5.41) is 9.01. The van der Waals surface area contributed by atoms with Crippen molar-refractivity contribution in [1.82, 2.24) is 9.97 Å². The lowest BCUT2D eigenvalue weighted by atomic mass is 9.83. The van der Waals surface area contributed by atoms with Crippen LogP contribution in [0.15, 0.2) is 36.7 Å². The molecule has 0 spiro atoms. The number of rotatable bonds is 4. The summed E-state index contributed by atoms with van der Waals surface area (Å²) in [5.41, 5.74) is -1.39. The van der Waals surface area contributed by atoms with Gasteiger partial charge in [-0.15, -0.1) is 5.92 Å². The van der Waals surface area contributed by atoms with Gasteiger partial charge in [-0.25, -0.2) is 14.4 Å². The van der Waals surface area contributed by atoms with Gasteiger partial charge in [0.2, 0.25) is 11.5 Å². The van der Waals surface area contributed by atoms with Gasteiger partial charge in [0, 0.05) is 24.1 Å². The van der Waals surface area contributed by atoms with Crippen molar-refractivity contribution in [3.63, 3.8) is 0 Å². The van der Waals surface area contributed by atoms with Crippen LogP contribution in [0.2, 0.25) is 0 Å². The predicted molar refractivity (Wildman–Crippen MR) is 75.9 cm³/mol. The van der Waals surface area contributed by atoms with Gasteiger partial charge in [-0.2, -0.15) is 5.26 Å². The molecule has 1 heterocycles. The third-order valence-electron chi connectivity index (χ3n) is 3.10. The molecule has 0 radical (unpaired) electrons. The SMILES string of the molecule is CC#CCOc1cc(CC2C=CC=CC2(F)C#N)ncn1. The van der Waals surface area contributed by atoms with E-state index in [1.165, 1.54) is 18.5 Å². The van der Waals surface area contributed by atoms with E-state index in [2.05, 4.69) is 21.8 Å². The van der Waals surface area contributed by atoms with E-state index >= 15 is 0 Å². The number of allylic oxidation sites excluding steroid dienone is 4. The van der Waals surface area contributed by atoms with Gasteiger partial charge in [0.15, 0.2) is 6.61 Å². The van der Waals surface area contributed by atoms with Crippen molar-refractivity contribution < 1.29 is 9.13 Å². The molecule has 2 rings (SSSR count). The van der Waals surface area contributed by atoms with Crippen LogP contribution in [0, 0.1) is 29.1 Å². The topological polar surface area (TPSA) is 58.8 Å². The van der Waals surface area contributed by atoms with E-state index < -0.39 is 11.6 Å². The minimum atomic E-state index is -2.01. The van der Waals surface area contributed by atoms with Crippen molar-refractivity contribution in [3.05, 3.63) is 42.4 Å². The summed E-state index contributed by atoms with van der Waals surface area (Å²) < 4.78 is 19.7. The zero-order chi connectivity index (χ0) is 15.1. The predicted octanol–water partition coefficient (Wildman–Crippen LogP) is 2.40. The molecule has 0 bridgehead atoms. The van der Waals surface area contributed by atoms with Gasteiger partial charge in [-0.3, -0.25) is 0 Å². The standard InChI is InChI=1S/C16H14FN3O/c1-2-3-8-21-15-10-14(19-12-20-15)9-13-6-4-5-7-16(13,17)11-18/h4-7,10,12-13H,8-9H2,1H3. The highest BCUT2D eigenvalue weighted by atomic mass is 19.1. The first kappa shape index (κ1) is 14.7. The van der Waals surface area contributed by atoms with Crippen LogP contribution in [0.1, 0.15) is 12.6 Å². The molecule has 1 aliphatic rings. The molecule has 1 aromatic rings. The van der Waals surface area contributed by atoms with Crippen LogP contribution < -0.4 is 4.74 Å². The first-order valence-corrected chi connectivity index (χ1v) is 6.47. The molecule has 0 N–H and O–H groups in total. The number of hydrogen-bond acceptors (Lipinski definition) is 4. The molecule has 2 atom stereocenters. The summed E-state index contributed by atoms with van der Waals surface area (Å²) in [6.07, 6.45) is 7.87. The van der Waals surface area contributed by atoms with Crippen LogP contribution in [-0.2, 0) is 6.42 Å². The van der Waals surface area contributed by atoms with Crippen molar-refractivity contribution in [2.24, 2.45) is 5.92 Å². The van der Waals surface area contributed by atoms with Crippen LogP contribution in [0.25, 0.3) is 0 Å². The Morgan fingerprint density at radius 3 is 3.05 bits per heavy atom. The number of hydrogen-bond donors (Lipinski definition) is 0. The number of alkyl halides is 1. The van der Waals surface area contributed by atoms with Crippen LogP contribution in [-0.4, -0.2) is 22.2 Å². The Kier molecular flexibility index (Phi) is 4.68. The van der Waals surface area contributed by atoms with Crippen LogP contribution >= 0.6 is 0 Å². The minimum absolute atomic E-state index is 0.240. The molecule has 0 aromatic carbocycles. The second-order valence-electron chi connectivity index (χ2n) is 4.50. The number of nitrogens with zero attached hydrogens (tertiary/aromatic N) is 3. The second-order valence-corrected chi connectivity index (χ2v) is 4.50. The molecule has 0 saturated carbocycles. The lowest BCUT2D eigenvalue weighted by Crippen LogP contribution is -2.31. The highest BCUT2D eigenvalue weighted by Gasteiger charge is 2.36. The van der Waals surface area contributed by atoms with E-state index in [1.54, 1.807) is 31.2 Å². The maximum absolute atomic E-state index is 14.4. The molecule has 0 amide bonds. The van der Waals surface area contributed by atoms with Gasteiger partial charge in [-0.1, -0.05) is 24.1 Å². The summed E-state index contributed by atoms with van der Waals surface area (Å²) in [5.74, 6) is 5.29. The number of nitriles is 1. The number of aromatic nitrogens is 2. The van der Waals surface area contributed by atoms with Gasteiger partial charge < -0.3 is 4.74 Å². The van der Waals surface area contributed by atoms with Crippen LogP contribution in [0.4, 0.5) is 4.39 Å². The molecule has 4 nitrogen and oxygen atoms in total. The van der Waals surface area contributed by atoms with Crippen molar-refractivity contribution in [2.45, 2.75) is 19.0 Å². The van der Waals surface area contributed by atoms with Crippen LogP contribution in [0.3, 0.4) is 0 Å². The van der Waals surface area contributed by atoms with Crippen molar-refractivity contribution in [2.75, 3.05) is 6.61 Å². The maximum Gasteiger partial charge on any atom is 0.221 e. The van der Waals surface area contributed by atoms with Crippen molar-refractivity contribution in [3.8, 4) is 23.8 Å². The fraction of sp³-hybridized carbons (Fsp3) is 0.312. The Morgan fingerprint density at radius 1 is 1.43 bits per heavy atom. The highest BCUT2D eigenvalue weighted by Crippen LogP contribution is 2.30. The maximum atomic E-state index is 14.4. The normalized spacial score (nSPS) is 23.0. The average Bonchev–Trinajstić information content (AvgIpc) is 2.50. The van der Waals surface area contributed by atoms with E-state index in [0.717, 1.165) is 0 Å². The van der Waals surface area contributed by atoms with E-state index in [-0.39, 0.29) is 6.61 Å². The minimum Gasteiger partial charge on any atom is -0.464 e. The van der Waals surface area contributed by atoms with E-state index in [9.17, 15) is 4.39 Å². The quantitative estimate of drug-likeness (QED) is 0.796. The third-order valence-corrected chi connectivity index (χ3v) is 3.10. The van der Waals surface area contributed by atoms with Gasteiger partial charge in [0.1, 0.15) is 12.4 Å². The summed E-state index contributed by atoms with van der Waals surface area (Å²) >= 11 is 0. The summed E-state index contributed by atoms with van der Waals surface area (Å²) in [6.45, 7) is 1.96. The molecule has 0 fully saturated rings. The van der Waals surface area contributed by atoms with Crippen molar-refractivity contribution in [1.29, 1.82) is 5.26 Å². The molecule has 106 valence electrons. The molecule has 5 heteroatoms. The summed E-state index contributed by atoms with van der Waals surface area (Å²) in [6, 6.07) is 3.35. The fourth-order valence-electron chi connectivity index (χ4n) is 1.97. The molecular formula is C16H14FN3O. The van der Waals surface area contributed by atoms with Gasteiger partial charge >= 0.3 is 0 Å². The first-order chi connectivity index (χ1) is 10.2. The lowest BCUT2D eigenvalue weighted by molar-refractivity contribution is 0.231. The van der Waals surface area contributed by atoms with Gasteiger partial charge in [0.05, 0.1) is 0 Å². The molecule has 1 aliphatic carbocycles. The summed E-state index contributed by atoms with van der Waals surface area (Å²) in [4.78, 5) is 8.07. The third kappa shape index (κ3) is 3.67. The monoisotopic (exact) mass is 283 g/mol. The first-order valence-electron chi connectivity index (χ1n) is 6.47. The fourth-order valence-corrected chi connectivity index (χ4v) is 1.97. The molecule has 0 aliphatic heterocycles. The van der Waals surface area contributed by atoms with Gasteiger partial charge in [0.25, 0.3) is 0 Å². The number of halogens is 1. The molecule has 2 unspecified atom stereocenters. The number of ether oxygens (including phenoxy) is 1. The second kappa shape index (κ2) is 6.67. The Labute approximate surface area is 123 Å². The van der Waals surface area contributed by atoms with Gasteiger partial charge in [-0.05, 0) is 13.0 Å². The van der Waals surface area contributed by atoms with Crippen LogP contribution in [0.5, 0.6) is 5.88 Å². The molecular weight excluding hydrogens is 269 g/mol. The van der Waals surface area contributed by atoms with E-state index in [1.807, 2.05) is 0 Å². The molecule has 21 heavy (non-hydrogen) atoms. The van der Waals surface area contributed by atoms with E-state index in [4.69, 9.17) is 10.00 Å². The Hall–Kier alpha value is -2.66. The average molecular weight is 283 g/mol. The molecule has 1 aromatic heterocycles. The Balaban J connectivity index is 2.10. The van der Waals surface area contributed by atoms with Crippen molar-refractivity contribution >= 4 is 0 Å². The largest absolute Gasteiger partial charge is 0.464 e. The molecule has 0 saturated heterocycles. The highest BCUT2D eigenvalue weighted by molar-refractivity contribution is 5.31. The van der Waals surface area contributed by atoms with E-state index in [0.29, 0.717) is 18.0 Å². The zero-order valence-corrected chi connectivity index (χ0v) is 11.6. The summed E-state index contributed by atoms with van der Waals surface area (Å²) in [7, 11) is 0.